The van der Waals surface area contributed by atoms with Gasteiger partial charge in [0.05, 0.1) is 26.4 Å². The van der Waals surface area contributed by atoms with Gasteiger partial charge in [0, 0.05) is 25.7 Å². The van der Waals surface area contributed by atoms with Crippen molar-refractivity contribution in [3.8, 4) is 0 Å². The molecule has 0 aliphatic heterocycles. The quantitative estimate of drug-likeness (QED) is 0.0222. The highest BCUT2D eigenvalue weighted by molar-refractivity contribution is 7.47. The van der Waals surface area contributed by atoms with Crippen molar-refractivity contribution in [2.45, 2.75) is 490 Å². The molecular weight excluding hydrogens is 1380 g/mol. The summed E-state index contributed by atoms with van der Waals surface area (Å²) in [6, 6.07) is 0. The zero-order valence-electron chi connectivity index (χ0n) is 69.6. The van der Waals surface area contributed by atoms with Gasteiger partial charge in [-0.3, -0.25) is 37.3 Å². The lowest BCUT2D eigenvalue weighted by molar-refractivity contribution is -0.161. The summed E-state index contributed by atoms with van der Waals surface area (Å²) in [7, 11) is -9.93. The van der Waals surface area contributed by atoms with Crippen molar-refractivity contribution < 1.29 is 80.2 Å². The van der Waals surface area contributed by atoms with Crippen LogP contribution >= 0.6 is 15.6 Å². The largest absolute Gasteiger partial charge is 0.472 e. The minimum Gasteiger partial charge on any atom is -0.462 e. The van der Waals surface area contributed by atoms with Gasteiger partial charge in [0.2, 0.25) is 0 Å². The van der Waals surface area contributed by atoms with Crippen LogP contribution in [0.25, 0.3) is 0 Å². The number of ether oxygens (including phenoxy) is 4. The minimum atomic E-state index is -4.97. The highest BCUT2D eigenvalue weighted by Crippen LogP contribution is 2.45. The van der Waals surface area contributed by atoms with E-state index in [0.29, 0.717) is 25.7 Å². The fraction of sp³-hybridized carbons (Fsp3) is 0.954. The molecule has 0 spiro atoms. The smallest absolute Gasteiger partial charge is 0.462 e. The molecule has 0 rings (SSSR count). The molecule has 3 N–H and O–H groups in total. The number of unbranched alkanes of at least 4 members (excludes halogenated alkanes) is 58. The fourth-order valence-electron chi connectivity index (χ4n) is 13.6. The molecule has 0 saturated heterocycles. The molecule has 630 valence electrons. The number of aliphatic hydroxyl groups excluding tert-OH is 1. The van der Waals surface area contributed by atoms with Crippen LogP contribution in [0.2, 0.25) is 0 Å². The fourth-order valence-corrected chi connectivity index (χ4v) is 15.2. The Bertz CT molecular complexity index is 2020. The topological polar surface area (TPSA) is 237 Å². The van der Waals surface area contributed by atoms with E-state index in [1.807, 2.05) is 0 Å². The monoisotopic (exact) mass is 1550 g/mol. The number of hydrogen-bond donors (Lipinski definition) is 3. The van der Waals surface area contributed by atoms with E-state index in [0.717, 1.165) is 95.8 Å². The molecule has 106 heavy (non-hydrogen) atoms. The average molecular weight is 1550 g/mol. The maximum absolute atomic E-state index is 13.2. The van der Waals surface area contributed by atoms with E-state index in [1.165, 1.54) is 295 Å². The van der Waals surface area contributed by atoms with E-state index in [-0.39, 0.29) is 25.7 Å². The number of phosphoric ester groups is 2. The summed E-state index contributed by atoms with van der Waals surface area (Å²) >= 11 is 0. The molecule has 19 heteroatoms. The van der Waals surface area contributed by atoms with Gasteiger partial charge in [0.1, 0.15) is 19.3 Å². The molecule has 17 nitrogen and oxygen atoms in total. The van der Waals surface area contributed by atoms with Crippen LogP contribution in [0, 0.1) is 5.92 Å². The summed E-state index contributed by atoms with van der Waals surface area (Å²) in [5.74, 6) is -1.23. The Kier molecular flexibility index (Phi) is 78.2. The molecule has 0 aromatic heterocycles. The lowest BCUT2D eigenvalue weighted by Crippen LogP contribution is -2.30. The summed E-state index contributed by atoms with van der Waals surface area (Å²) in [6.07, 6.45) is 73.5. The summed E-state index contributed by atoms with van der Waals surface area (Å²) in [4.78, 5) is 73.2. The van der Waals surface area contributed by atoms with Crippen LogP contribution in [0.5, 0.6) is 0 Å². The van der Waals surface area contributed by atoms with Crippen LogP contribution in [0.1, 0.15) is 471 Å². The van der Waals surface area contributed by atoms with Crippen molar-refractivity contribution in [3.63, 3.8) is 0 Å². The Morgan fingerprint density at radius 2 is 0.453 bits per heavy atom. The van der Waals surface area contributed by atoms with E-state index >= 15 is 0 Å². The number of phosphoric acid groups is 2. The van der Waals surface area contributed by atoms with Crippen LogP contribution in [0.3, 0.4) is 0 Å². The summed E-state index contributed by atoms with van der Waals surface area (Å²) in [5, 5.41) is 10.7. The number of hydrogen-bond acceptors (Lipinski definition) is 15. The van der Waals surface area contributed by atoms with Gasteiger partial charge in [-0.2, -0.15) is 0 Å². The zero-order valence-corrected chi connectivity index (χ0v) is 71.4. The minimum absolute atomic E-state index is 0.109. The molecular formula is C87H170O17P2. The van der Waals surface area contributed by atoms with Crippen molar-refractivity contribution in [2.75, 3.05) is 39.6 Å². The molecule has 0 amide bonds. The van der Waals surface area contributed by atoms with Gasteiger partial charge in [0.25, 0.3) is 0 Å². The van der Waals surface area contributed by atoms with Gasteiger partial charge < -0.3 is 33.8 Å². The molecule has 0 aromatic rings. The number of esters is 4. The van der Waals surface area contributed by atoms with Crippen LogP contribution in [-0.4, -0.2) is 96.7 Å². The summed E-state index contributed by atoms with van der Waals surface area (Å²) in [6.45, 7) is 7.43. The van der Waals surface area contributed by atoms with Crippen molar-refractivity contribution >= 4 is 39.5 Å². The normalized spacial score (nSPS) is 14.0. The third-order valence-corrected chi connectivity index (χ3v) is 22.8. The van der Waals surface area contributed by atoms with Crippen molar-refractivity contribution in [3.05, 3.63) is 0 Å². The molecule has 0 saturated carbocycles. The molecule has 0 aliphatic carbocycles. The molecule has 0 aliphatic rings. The van der Waals surface area contributed by atoms with Crippen LogP contribution in [-0.2, 0) is 65.4 Å². The molecule has 6 atom stereocenters. The van der Waals surface area contributed by atoms with Crippen LogP contribution < -0.4 is 0 Å². The van der Waals surface area contributed by atoms with Gasteiger partial charge in [-0.25, -0.2) is 9.13 Å². The van der Waals surface area contributed by atoms with Crippen LogP contribution in [0.4, 0.5) is 0 Å². The second kappa shape index (κ2) is 79.7. The Balaban J connectivity index is 5.21. The molecule has 0 bridgehead atoms. The Morgan fingerprint density at radius 1 is 0.264 bits per heavy atom. The first kappa shape index (κ1) is 104. The number of aliphatic hydroxyl groups is 1. The molecule has 3 unspecified atom stereocenters. The number of rotatable bonds is 87. The highest BCUT2D eigenvalue weighted by atomic mass is 31.2. The van der Waals surface area contributed by atoms with Crippen molar-refractivity contribution in [1.29, 1.82) is 0 Å². The predicted molar refractivity (Wildman–Crippen MR) is 437 cm³/mol. The summed E-state index contributed by atoms with van der Waals surface area (Å²) < 4.78 is 68.9. The van der Waals surface area contributed by atoms with E-state index in [4.69, 9.17) is 37.0 Å². The molecule has 0 fully saturated rings. The van der Waals surface area contributed by atoms with Crippen LogP contribution in [0.15, 0.2) is 0 Å². The number of carbonyl (C=O) groups is 4. The maximum atomic E-state index is 13.2. The first-order chi connectivity index (χ1) is 51.6. The third kappa shape index (κ3) is 78.7. The standard InChI is InChI=1S/C87H170O17P2/c1-6-10-13-16-19-22-25-27-29-30-31-35-39-42-46-51-56-61-66-71-85(90)98-77-83(104-87(92)73-68-63-58-53-48-44-40-36-33-32-34-38-41-45-49-54-59-64-69-80(5)9-4)79-102-106(95,96)100-75-81(88)74-99-105(93,94)101-78-82(76-97-84(89)70-65-60-55-50-24-21-18-15-12-8-3)103-86(91)72-67-62-57-52-47-43-37-28-26-23-20-17-14-11-7-2/h80-83,88H,6-79H2,1-5H3,(H,93,94)(H,95,96)/t80?,81-,82+,83+/m0/s1. The van der Waals surface area contributed by atoms with Gasteiger partial charge in [-0.1, -0.05) is 420 Å². The van der Waals surface area contributed by atoms with Gasteiger partial charge in [-0.05, 0) is 31.6 Å². The summed E-state index contributed by atoms with van der Waals surface area (Å²) in [5.41, 5.74) is 0. The second-order valence-corrected chi connectivity index (χ2v) is 34.4. The first-order valence-electron chi connectivity index (χ1n) is 45.2. The van der Waals surface area contributed by atoms with Gasteiger partial charge >= 0.3 is 39.5 Å². The van der Waals surface area contributed by atoms with E-state index in [2.05, 4.69) is 34.6 Å². The van der Waals surface area contributed by atoms with E-state index < -0.39 is 97.5 Å². The Hall–Kier alpha value is -1.94. The average Bonchev–Trinajstić information content (AvgIpc) is 0.902. The highest BCUT2D eigenvalue weighted by Gasteiger charge is 2.30. The molecule has 0 radical (unpaired) electrons. The predicted octanol–water partition coefficient (Wildman–Crippen LogP) is 26.8. The Labute approximate surface area is 651 Å². The lowest BCUT2D eigenvalue weighted by Gasteiger charge is -2.21. The molecule has 0 aromatic carbocycles. The molecule has 0 heterocycles. The van der Waals surface area contributed by atoms with Gasteiger partial charge in [-0.15, -0.1) is 0 Å². The number of carbonyl (C=O) groups excluding carboxylic acids is 4. The third-order valence-electron chi connectivity index (χ3n) is 20.9. The van der Waals surface area contributed by atoms with E-state index in [1.54, 1.807) is 0 Å². The first-order valence-corrected chi connectivity index (χ1v) is 48.2. The SMILES string of the molecule is CCCCCCCCCCCCCCCCCCCCCC(=O)OC[C@H](COP(=O)(O)OC[C@@H](O)COP(=O)(O)OC[C@@H](COC(=O)CCCCCCCCCCCC)OC(=O)CCCCCCCCCCCCCCCCC)OC(=O)CCCCCCCCCCCCCCCCCCCCC(C)CC. The van der Waals surface area contributed by atoms with Crippen molar-refractivity contribution in [2.24, 2.45) is 5.92 Å². The van der Waals surface area contributed by atoms with Crippen molar-refractivity contribution in [1.82, 2.24) is 0 Å². The second-order valence-electron chi connectivity index (χ2n) is 31.5. The lowest BCUT2D eigenvalue weighted by atomic mass is 9.99. The Morgan fingerprint density at radius 3 is 0.670 bits per heavy atom. The van der Waals surface area contributed by atoms with Gasteiger partial charge in [0.15, 0.2) is 12.2 Å². The maximum Gasteiger partial charge on any atom is 0.472 e. The zero-order chi connectivity index (χ0) is 77.6. The van der Waals surface area contributed by atoms with E-state index in [9.17, 15) is 43.2 Å².